The lowest BCUT2D eigenvalue weighted by atomic mass is 10.1. The first-order valence-corrected chi connectivity index (χ1v) is 4.80. The van der Waals surface area contributed by atoms with Crippen LogP contribution in [0.3, 0.4) is 0 Å². The quantitative estimate of drug-likeness (QED) is 0.675. The van der Waals surface area contributed by atoms with E-state index in [-0.39, 0.29) is 6.42 Å². The minimum atomic E-state index is -1.12. The van der Waals surface area contributed by atoms with Crippen molar-refractivity contribution in [3.8, 4) is 0 Å². The van der Waals surface area contributed by atoms with E-state index in [1.54, 1.807) is 0 Å². The molecule has 0 spiro atoms. The van der Waals surface area contributed by atoms with E-state index in [2.05, 4.69) is 5.32 Å². The maximum Gasteiger partial charge on any atom is 0.322 e. The minimum absolute atomic E-state index is 0.114. The molecule has 6 heteroatoms. The molecule has 1 amide bonds. The van der Waals surface area contributed by atoms with E-state index >= 15 is 0 Å². The van der Waals surface area contributed by atoms with Gasteiger partial charge in [-0.2, -0.15) is 0 Å². The zero-order valence-corrected chi connectivity index (χ0v) is 8.84. The van der Waals surface area contributed by atoms with Gasteiger partial charge >= 0.3 is 11.9 Å². The molecule has 1 aromatic rings. The Morgan fingerprint density at radius 1 is 1.00 bits per heavy atom. The van der Waals surface area contributed by atoms with Crippen molar-refractivity contribution in [3.05, 3.63) is 35.4 Å². The van der Waals surface area contributed by atoms with Crippen LogP contribution in [0.4, 0.5) is 0 Å². The topological polar surface area (TPSA) is 104 Å². The zero-order valence-electron chi connectivity index (χ0n) is 8.84. The van der Waals surface area contributed by atoms with Gasteiger partial charge in [0.15, 0.2) is 0 Å². The van der Waals surface area contributed by atoms with Gasteiger partial charge in [-0.15, -0.1) is 0 Å². The molecule has 0 fully saturated rings. The van der Waals surface area contributed by atoms with Crippen molar-refractivity contribution in [2.75, 3.05) is 6.54 Å². The van der Waals surface area contributed by atoms with Crippen LogP contribution in [-0.4, -0.2) is 34.6 Å². The van der Waals surface area contributed by atoms with Crippen LogP contribution >= 0.6 is 0 Å². The molecular formula is C11H11NO5. The zero-order chi connectivity index (χ0) is 12.8. The molecule has 0 aliphatic rings. The number of aliphatic carboxylic acids is 2. The van der Waals surface area contributed by atoms with Gasteiger partial charge in [-0.3, -0.25) is 14.4 Å². The van der Waals surface area contributed by atoms with Crippen molar-refractivity contribution in [3.63, 3.8) is 0 Å². The molecule has 90 valence electrons. The number of benzene rings is 1. The Hall–Kier alpha value is -2.37. The van der Waals surface area contributed by atoms with Crippen LogP contribution in [0.2, 0.25) is 0 Å². The first kappa shape index (κ1) is 12.7. The average Bonchev–Trinajstić information content (AvgIpc) is 2.26. The fraction of sp³-hybridized carbons (Fsp3) is 0.182. The van der Waals surface area contributed by atoms with Gasteiger partial charge in [0, 0.05) is 5.56 Å². The molecule has 1 rings (SSSR count). The summed E-state index contributed by atoms with van der Waals surface area (Å²) in [5.41, 5.74) is 0.868. The molecule has 1 aromatic carbocycles. The normalized spacial score (nSPS) is 9.65. The molecule has 3 N–H and O–H groups in total. The summed E-state index contributed by atoms with van der Waals surface area (Å²) < 4.78 is 0. The van der Waals surface area contributed by atoms with Gasteiger partial charge in [0.1, 0.15) is 6.54 Å². The molecule has 0 aromatic heterocycles. The number of amides is 1. The average molecular weight is 237 g/mol. The lowest BCUT2D eigenvalue weighted by molar-refractivity contribution is -0.137. The van der Waals surface area contributed by atoms with Gasteiger partial charge in [0.25, 0.3) is 5.91 Å². The second-order valence-corrected chi connectivity index (χ2v) is 3.34. The van der Waals surface area contributed by atoms with Crippen LogP contribution in [0.15, 0.2) is 24.3 Å². The van der Waals surface area contributed by atoms with Gasteiger partial charge < -0.3 is 15.5 Å². The number of carbonyl (C=O) groups excluding carboxylic acids is 1. The van der Waals surface area contributed by atoms with Crippen LogP contribution in [0.5, 0.6) is 0 Å². The molecule has 6 nitrogen and oxygen atoms in total. The number of carboxylic acids is 2. The first-order valence-electron chi connectivity index (χ1n) is 4.80. The van der Waals surface area contributed by atoms with Crippen LogP contribution in [-0.2, 0) is 16.0 Å². The highest BCUT2D eigenvalue weighted by Crippen LogP contribution is 2.05. The first-order chi connectivity index (χ1) is 7.99. The van der Waals surface area contributed by atoms with E-state index in [0.29, 0.717) is 11.1 Å². The van der Waals surface area contributed by atoms with E-state index in [9.17, 15) is 14.4 Å². The Balaban J connectivity index is 2.63. The second-order valence-electron chi connectivity index (χ2n) is 3.34. The summed E-state index contributed by atoms with van der Waals surface area (Å²) in [5.74, 6) is -2.58. The smallest absolute Gasteiger partial charge is 0.322 e. The fourth-order valence-electron chi connectivity index (χ4n) is 1.21. The Bertz CT molecular complexity index is 438. The lowest BCUT2D eigenvalue weighted by Crippen LogP contribution is -2.29. The summed E-state index contributed by atoms with van der Waals surface area (Å²) in [5, 5.41) is 19.1. The predicted octanol–water partition coefficient (Wildman–Crippen LogP) is 0.128. The van der Waals surface area contributed by atoms with E-state index in [1.165, 1.54) is 24.3 Å². The van der Waals surface area contributed by atoms with Crippen molar-refractivity contribution in [1.82, 2.24) is 5.32 Å². The highest BCUT2D eigenvalue weighted by atomic mass is 16.4. The van der Waals surface area contributed by atoms with E-state index in [0.717, 1.165) is 0 Å². The summed E-state index contributed by atoms with van der Waals surface area (Å²) in [6.07, 6.45) is -0.114. The standard InChI is InChI=1S/C11H11NO5/c13-9(14)5-7-1-3-8(4-2-7)11(17)12-6-10(15)16/h1-4H,5-6H2,(H,12,17)(H,13,14)(H,15,16). The highest BCUT2D eigenvalue weighted by molar-refractivity contribution is 5.95. The van der Waals surface area contributed by atoms with Crippen LogP contribution in [0, 0.1) is 0 Å². The van der Waals surface area contributed by atoms with E-state index < -0.39 is 24.4 Å². The number of hydrogen-bond acceptors (Lipinski definition) is 3. The van der Waals surface area contributed by atoms with Crippen molar-refractivity contribution in [2.24, 2.45) is 0 Å². The molecule has 0 unspecified atom stereocenters. The van der Waals surface area contributed by atoms with Crippen LogP contribution < -0.4 is 5.32 Å². The van der Waals surface area contributed by atoms with Crippen molar-refractivity contribution in [1.29, 1.82) is 0 Å². The number of hydrogen-bond donors (Lipinski definition) is 3. The van der Waals surface area contributed by atoms with Crippen molar-refractivity contribution in [2.45, 2.75) is 6.42 Å². The summed E-state index contributed by atoms with van der Waals surface area (Å²) in [7, 11) is 0. The molecule has 0 saturated carbocycles. The maximum absolute atomic E-state index is 11.4. The molecule has 0 aliphatic heterocycles. The van der Waals surface area contributed by atoms with Crippen molar-refractivity contribution >= 4 is 17.8 Å². The van der Waals surface area contributed by atoms with Gasteiger partial charge in [-0.25, -0.2) is 0 Å². The third kappa shape index (κ3) is 4.33. The molecule has 17 heavy (non-hydrogen) atoms. The summed E-state index contributed by atoms with van der Waals surface area (Å²) in [6, 6.07) is 5.94. The lowest BCUT2D eigenvalue weighted by Gasteiger charge is -2.03. The summed E-state index contributed by atoms with van der Waals surface area (Å²) >= 11 is 0. The second kappa shape index (κ2) is 5.64. The molecule has 0 radical (unpaired) electrons. The molecule has 0 bridgehead atoms. The fourth-order valence-corrected chi connectivity index (χ4v) is 1.21. The van der Waals surface area contributed by atoms with E-state index in [4.69, 9.17) is 10.2 Å². The van der Waals surface area contributed by atoms with Crippen LogP contribution in [0.25, 0.3) is 0 Å². The number of carboxylic acid groups (broad SMARTS) is 2. The van der Waals surface area contributed by atoms with E-state index in [1.807, 2.05) is 0 Å². The van der Waals surface area contributed by atoms with Gasteiger partial charge in [-0.05, 0) is 17.7 Å². The third-order valence-corrected chi connectivity index (χ3v) is 1.97. The predicted molar refractivity (Wildman–Crippen MR) is 57.8 cm³/mol. The molecule has 0 saturated heterocycles. The Morgan fingerprint density at radius 3 is 2.06 bits per heavy atom. The Morgan fingerprint density at radius 2 is 1.59 bits per heavy atom. The Labute approximate surface area is 96.9 Å². The SMILES string of the molecule is O=C(O)CNC(=O)c1ccc(CC(=O)O)cc1. The van der Waals surface area contributed by atoms with Gasteiger partial charge in [0.2, 0.25) is 0 Å². The largest absolute Gasteiger partial charge is 0.481 e. The monoisotopic (exact) mass is 237 g/mol. The summed E-state index contributed by atoms with van der Waals surface area (Å²) in [4.78, 5) is 32.0. The van der Waals surface area contributed by atoms with Gasteiger partial charge in [-0.1, -0.05) is 12.1 Å². The number of nitrogens with one attached hydrogen (secondary N) is 1. The van der Waals surface area contributed by atoms with Crippen LogP contribution in [0.1, 0.15) is 15.9 Å². The molecule has 0 aliphatic carbocycles. The minimum Gasteiger partial charge on any atom is -0.481 e. The third-order valence-electron chi connectivity index (χ3n) is 1.97. The molecule has 0 heterocycles. The maximum atomic E-state index is 11.4. The van der Waals surface area contributed by atoms with Crippen molar-refractivity contribution < 1.29 is 24.6 Å². The van der Waals surface area contributed by atoms with Gasteiger partial charge in [0.05, 0.1) is 6.42 Å². The summed E-state index contributed by atoms with van der Waals surface area (Å²) in [6.45, 7) is -0.449. The number of carbonyl (C=O) groups is 3. The highest BCUT2D eigenvalue weighted by Gasteiger charge is 2.07. The number of rotatable bonds is 5. The Kier molecular flexibility index (Phi) is 4.21. The molecular weight excluding hydrogens is 226 g/mol. The molecule has 0 atom stereocenters.